The van der Waals surface area contributed by atoms with E-state index in [1.165, 1.54) is 18.4 Å². The van der Waals surface area contributed by atoms with Gasteiger partial charge >= 0.3 is 5.97 Å². The van der Waals surface area contributed by atoms with Gasteiger partial charge in [-0.15, -0.1) is 22.7 Å². The fraction of sp³-hybridized carbons (Fsp3) is 0.167. The number of aromatic nitrogens is 1. The van der Waals surface area contributed by atoms with Gasteiger partial charge in [-0.25, -0.2) is 4.98 Å². The summed E-state index contributed by atoms with van der Waals surface area (Å²) >= 11 is 3.00. The van der Waals surface area contributed by atoms with Crippen LogP contribution in [0.5, 0.6) is 0 Å². The third-order valence-corrected chi connectivity index (χ3v) is 5.46. The lowest BCUT2D eigenvalue weighted by Gasteiger charge is -2.17. The molecular formula is C18H16N2O3S2. The van der Waals surface area contributed by atoms with Gasteiger partial charge in [-0.1, -0.05) is 36.4 Å². The maximum Gasteiger partial charge on any atom is 0.307 e. The molecule has 0 radical (unpaired) electrons. The average molecular weight is 372 g/mol. The van der Waals surface area contributed by atoms with Crippen molar-refractivity contribution in [2.75, 3.05) is 7.11 Å². The van der Waals surface area contributed by atoms with Crippen LogP contribution in [0.25, 0.3) is 9.88 Å². The molecule has 0 fully saturated rings. The topological polar surface area (TPSA) is 68.3 Å². The van der Waals surface area contributed by atoms with E-state index in [1.807, 2.05) is 47.8 Å². The van der Waals surface area contributed by atoms with Crippen molar-refractivity contribution in [3.8, 4) is 9.88 Å². The van der Waals surface area contributed by atoms with E-state index in [-0.39, 0.29) is 18.3 Å². The van der Waals surface area contributed by atoms with E-state index in [1.54, 1.807) is 16.7 Å². The maximum atomic E-state index is 12.6. The molecule has 3 rings (SSSR count). The molecule has 1 N–H and O–H groups in total. The van der Waals surface area contributed by atoms with Crippen molar-refractivity contribution in [3.05, 3.63) is 64.5 Å². The van der Waals surface area contributed by atoms with Crippen LogP contribution in [0.2, 0.25) is 0 Å². The summed E-state index contributed by atoms with van der Waals surface area (Å²) in [6, 6.07) is 12.8. The second-order valence-corrected chi connectivity index (χ2v) is 7.04. The van der Waals surface area contributed by atoms with Gasteiger partial charge in [0.15, 0.2) is 0 Å². The molecule has 1 amide bonds. The molecule has 0 aliphatic carbocycles. The number of hydrogen-bond acceptors (Lipinski definition) is 6. The number of nitrogens with one attached hydrogen (secondary N) is 1. The van der Waals surface area contributed by atoms with E-state index < -0.39 is 6.04 Å². The Morgan fingerprint density at radius 3 is 2.64 bits per heavy atom. The zero-order valence-corrected chi connectivity index (χ0v) is 15.1. The number of carbonyl (C=O) groups excluding carboxylic acids is 2. The molecule has 1 aromatic carbocycles. The normalized spacial score (nSPS) is 11.7. The van der Waals surface area contributed by atoms with Crippen LogP contribution in [0.3, 0.4) is 0 Å². The second kappa shape index (κ2) is 8.04. The van der Waals surface area contributed by atoms with E-state index in [9.17, 15) is 9.59 Å². The van der Waals surface area contributed by atoms with Crippen LogP contribution < -0.4 is 5.32 Å². The lowest BCUT2D eigenvalue weighted by molar-refractivity contribution is -0.141. The summed E-state index contributed by atoms with van der Waals surface area (Å²) in [6.45, 7) is 0. The highest BCUT2D eigenvalue weighted by molar-refractivity contribution is 7.20. The largest absolute Gasteiger partial charge is 0.469 e. The number of thiazole rings is 1. The third-order valence-electron chi connectivity index (χ3n) is 3.57. The molecule has 0 saturated carbocycles. The number of benzene rings is 1. The van der Waals surface area contributed by atoms with Crippen LogP contribution in [-0.2, 0) is 9.53 Å². The highest BCUT2D eigenvalue weighted by Crippen LogP contribution is 2.28. The van der Waals surface area contributed by atoms with E-state index in [0.29, 0.717) is 5.69 Å². The molecule has 3 aromatic rings. The highest BCUT2D eigenvalue weighted by Gasteiger charge is 2.21. The van der Waals surface area contributed by atoms with Crippen LogP contribution in [0, 0.1) is 0 Å². The number of ether oxygens (including phenoxy) is 1. The smallest absolute Gasteiger partial charge is 0.307 e. The van der Waals surface area contributed by atoms with Crippen molar-refractivity contribution >= 4 is 34.6 Å². The predicted octanol–water partition coefficient (Wildman–Crippen LogP) is 3.91. The molecule has 128 valence electrons. The van der Waals surface area contributed by atoms with Gasteiger partial charge in [0, 0.05) is 5.38 Å². The van der Waals surface area contributed by atoms with Gasteiger partial charge in [-0.2, -0.15) is 0 Å². The zero-order chi connectivity index (χ0) is 17.6. The molecule has 0 saturated heterocycles. The summed E-state index contributed by atoms with van der Waals surface area (Å²) in [4.78, 5) is 29.7. The summed E-state index contributed by atoms with van der Waals surface area (Å²) in [5.41, 5.74) is 1.19. The Hall–Kier alpha value is -2.51. The Labute approximate surface area is 153 Å². The first kappa shape index (κ1) is 17.3. The Morgan fingerprint density at radius 1 is 1.16 bits per heavy atom. The van der Waals surface area contributed by atoms with Crippen LogP contribution in [0.15, 0.2) is 53.2 Å². The van der Waals surface area contributed by atoms with Gasteiger partial charge in [0.1, 0.15) is 10.7 Å². The minimum Gasteiger partial charge on any atom is -0.469 e. The summed E-state index contributed by atoms with van der Waals surface area (Å²) in [5.74, 6) is -0.691. The molecule has 0 spiro atoms. The lowest BCUT2D eigenvalue weighted by atomic mass is 10.0. The molecule has 0 aliphatic heterocycles. The third kappa shape index (κ3) is 4.32. The monoisotopic (exact) mass is 372 g/mol. The van der Waals surface area contributed by atoms with Crippen molar-refractivity contribution in [2.45, 2.75) is 12.5 Å². The summed E-state index contributed by atoms with van der Waals surface area (Å²) in [7, 11) is 1.33. The Balaban J connectivity index is 1.77. The fourth-order valence-corrected chi connectivity index (χ4v) is 3.93. The average Bonchev–Trinajstić information content (AvgIpc) is 3.33. The highest BCUT2D eigenvalue weighted by atomic mass is 32.1. The Bertz CT molecular complexity index is 844. The van der Waals surface area contributed by atoms with Crippen molar-refractivity contribution in [2.24, 2.45) is 0 Å². The van der Waals surface area contributed by atoms with Gasteiger partial charge in [0.2, 0.25) is 0 Å². The number of thiophene rings is 1. The minimum atomic E-state index is -0.465. The number of esters is 1. The van der Waals surface area contributed by atoms with Gasteiger partial charge in [0.25, 0.3) is 5.91 Å². The fourth-order valence-electron chi connectivity index (χ4n) is 2.31. The van der Waals surface area contributed by atoms with E-state index in [0.717, 1.165) is 15.4 Å². The van der Waals surface area contributed by atoms with Gasteiger partial charge in [-0.05, 0) is 17.0 Å². The van der Waals surface area contributed by atoms with Gasteiger partial charge < -0.3 is 10.1 Å². The van der Waals surface area contributed by atoms with Crippen molar-refractivity contribution in [1.82, 2.24) is 10.3 Å². The SMILES string of the molecule is COC(=O)C[C@@H](NC(=O)c1csc(-c2cccs2)n1)c1ccccc1. The van der Waals surface area contributed by atoms with Gasteiger partial charge in [0.05, 0.1) is 24.4 Å². The molecule has 0 unspecified atom stereocenters. The molecule has 2 heterocycles. The van der Waals surface area contributed by atoms with Crippen LogP contribution in [0.1, 0.15) is 28.5 Å². The standard InChI is InChI=1S/C18H16N2O3S2/c1-23-16(21)10-13(12-6-3-2-4-7-12)19-17(22)14-11-25-18(20-14)15-8-5-9-24-15/h2-9,11,13H,10H2,1H3,(H,19,22)/t13-/m1/s1. The second-order valence-electron chi connectivity index (χ2n) is 5.23. The van der Waals surface area contributed by atoms with Crippen molar-refractivity contribution in [3.63, 3.8) is 0 Å². The van der Waals surface area contributed by atoms with Crippen LogP contribution in [0.4, 0.5) is 0 Å². The predicted molar refractivity (Wildman–Crippen MR) is 98.7 cm³/mol. The summed E-state index contributed by atoms with van der Waals surface area (Å²) in [5, 5.41) is 7.39. The van der Waals surface area contributed by atoms with Crippen molar-refractivity contribution in [1.29, 1.82) is 0 Å². The summed E-state index contributed by atoms with van der Waals surface area (Å²) in [6.07, 6.45) is 0.0637. The molecule has 25 heavy (non-hydrogen) atoms. The number of hydrogen-bond donors (Lipinski definition) is 1. The molecular weight excluding hydrogens is 356 g/mol. The molecule has 0 aliphatic rings. The van der Waals surface area contributed by atoms with Crippen molar-refractivity contribution < 1.29 is 14.3 Å². The zero-order valence-electron chi connectivity index (χ0n) is 13.5. The van der Waals surface area contributed by atoms with E-state index in [2.05, 4.69) is 10.3 Å². The number of rotatable bonds is 6. The molecule has 2 aromatic heterocycles. The van der Waals surface area contributed by atoms with E-state index >= 15 is 0 Å². The Morgan fingerprint density at radius 2 is 1.96 bits per heavy atom. The lowest BCUT2D eigenvalue weighted by Crippen LogP contribution is -2.30. The molecule has 1 atom stereocenters. The minimum absolute atomic E-state index is 0.0637. The number of amides is 1. The number of carbonyl (C=O) groups is 2. The Kier molecular flexibility index (Phi) is 5.57. The number of methoxy groups -OCH3 is 1. The first-order chi connectivity index (χ1) is 12.2. The number of nitrogens with zero attached hydrogens (tertiary/aromatic N) is 1. The van der Waals surface area contributed by atoms with E-state index in [4.69, 9.17) is 4.74 Å². The molecule has 0 bridgehead atoms. The quantitative estimate of drug-likeness (QED) is 0.666. The first-order valence-electron chi connectivity index (χ1n) is 7.59. The molecule has 7 heteroatoms. The van der Waals surface area contributed by atoms with Crippen LogP contribution >= 0.6 is 22.7 Å². The van der Waals surface area contributed by atoms with Gasteiger partial charge in [-0.3, -0.25) is 9.59 Å². The van der Waals surface area contributed by atoms with Crippen LogP contribution in [-0.4, -0.2) is 24.0 Å². The maximum absolute atomic E-state index is 12.6. The molecule has 5 nitrogen and oxygen atoms in total. The first-order valence-corrected chi connectivity index (χ1v) is 9.35. The summed E-state index contributed by atoms with van der Waals surface area (Å²) < 4.78 is 4.74.